The summed E-state index contributed by atoms with van der Waals surface area (Å²) in [5, 5.41) is 9.73. The molecule has 0 atom stereocenters. The fourth-order valence-corrected chi connectivity index (χ4v) is 3.28. The van der Waals surface area contributed by atoms with E-state index in [1.807, 2.05) is 0 Å². The van der Waals surface area contributed by atoms with Crippen LogP contribution >= 0.6 is 11.6 Å². The van der Waals surface area contributed by atoms with Crippen molar-refractivity contribution in [1.82, 2.24) is 4.90 Å². The zero-order valence-corrected chi connectivity index (χ0v) is 16.2. The molecule has 1 fully saturated rings. The van der Waals surface area contributed by atoms with Gasteiger partial charge < -0.3 is 24.4 Å². The fourth-order valence-electron chi connectivity index (χ4n) is 2.98. The molecule has 1 aliphatic rings. The maximum atomic E-state index is 12.4. The number of phenolic OH excluding ortho intramolecular Hbond substituents is 1. The Kier molecular flexibility index (Phi) is 6.26. The van der Waals surface area contributed by atoms with Crippen LogP contribution in [0.1, 0.15) is 10.4 Å². The van der Waals surface area contributed by atoms with Crippen molar-refractivity contribution in [2.75, 3.05) is 44.8 Å². The molecule has 0 bridgehead atoms. The number of methoxy groups -OCH3 is 1. The van der Waals surface area contributed by atoms with Crippen LogP contribution in [0, 0.1) is 0 Å². The Morgan fingerprint density at radius 2 is 1.75 bits per heavy atom. The van der Waals surface area contributed by atoms with E-state index in [1.165, 1.54) is 19.2 Å². The van der Waals surface area contributed by atoms with Crippen LogP contribution in [0.15, 0.2) is 42.5 Å². The van der Waals surface area contributed by atoms with E-state index in [1.54, 1.807) is 35.2 Å². The summed E-state index contributed by atoms with van der Waals surface area (Å²) < 4.78 is 10.2. The molecule has 2 aromatic carbocycles. The largest absolute Gasteiger partial charge is 0.508 e. The van der Waals surface area contributed by atoms with Crippen molar-refractivity contribution in [3.63, 3.8) is 0 Å². The van der Waals surface area contributed by atoms with Crippen LogP contribution < -0.4 is 9.64 Å². The molecule has 1 aliphatic heterocycles. The normalized spacial score (nSPS) is 13.9. The summed E-state index contributed by atoms with van der Waals surface area (Å²) in [6.07, 6.45) is 0. The summed E-state index contributed by atoms with van der Waals surface area (Å²) in [4.78, 5) is 27.8. The molecule has 0 spiro atoms. The topological polar surface area (TPSA) is 79.3 Å². The van der Waals surface area contributed by atoms with E-state index in [4.69, 9.17) is 21.1 Å². The molecule has 0 aromatic heterocycles. The number of hydrogen-bond donors (Lipinski definition) is 1. The minimum Gasteiger partial charge on any atom is -0.508 e. The highest BCUT2D eigenvalue weighted by atomic mass is 35.5. The molecule has 0 aliphatic carbocycles. The van der Waals surface area contributed by atoms with Gasteiger partial charge in [0, 0.05) is 26.2 Å². The maximum absolute atomic E-state index is 12.4. The number of piperazine rings is 1. The van der Waals surface area contributed by atoms with Gasteiger partial charge in [0.25, 0.3) is 5.91 Å². The number of carbonyl (C=O) groups is 2. The van der Waals surface area contributed by atoms with Gasteiger partial charge in [-0.05, 0) is 42.5 Å². The van der Waals surface area contributed by atoms with Gasteiger partial charge in [0.05, 0.1) is 23.4 Å². The first-order valence-electron chi connectivity index (χ1n) is 8.80. The first kappa shape index (κ1) is 19.8. The first-order valence-corrected chi connectivity index (χ1v) is 9.18. The van der Waals surface area contributed by atoms with Crippen LogP contribution in [0.25, 0.3) is 0 Å². The molecule has 28 heavy (non-hydrogen) atoms. The third kappa shape index (κ3) is 4.67. The summed E-state index contributed by atoms with van der Waals surface area (Å²) in [7, 11) is 1.33. The molecule has 0 radical (unpaired) electrons. The molecular formula is C20H21ClN2O5. The van der Waals surface area contributed by atoms with Crippen LogP contribution in [0.2, 0.25) is 5.02 Å². The number of esters is 1. The van der Waals surface area contributed by atoms with Crippen molar-refractivity contribution in [3.8, 4) is 11.5 Å². The van der Waals surface area contributed by atoms with Gasteiger partial charge in [-0.25, -0.2) is 4.79 Å². The zero-order valence-electron chi connectivity index (χ0n) is 15.4. The lowest BCUT2D eigenvalue weighted by molar-refractivity contribution is -0.133. The van der Waals surface area contributed by atoms with Crippen LogP contribution in [0.3, 0.4) is 0 Å². The van der Waals surface area contributed by atoms with Crippen molar-refractivity contribution in [2.45, 2.75) is 0 Å². The minimum atomic E-state index is -0.433. The summed E-state index contributed by atoms with van der Waals surface area (Å²) >= 11 is 6.32. The Balaban J connectivity index is 1.53. The van der Waals surface area contributed by atoms with Gasteiger partial charge in [-0.2, -0.15) is 0 Å². The molecule has 3 rings (SSSR count). The van der Waals surface area contributed by atoms with E-state index in [9.17, 15) is 14.7 Å². The summed E-state index contributed by atoms with van der Waals surface area (Å²) in [5.41, 5.74) is 1.22. The van der Waals surface area contributed by atoms with E-state index in [-0.39, 0.29) is 18.3 Å². The lowest BCUT2D eigenvalue weighted by Gasteiger charge is -2.36. The Labute approximate surface area is 168 Å². The van der Waals surface area contributed by atoms with Crippen LogP contribution in [-0.4, -0.2) is 61.8 Å². The van der Waals surface area contributed by atoms with Gasteiger partial charge in [0.1, 0.15) is 11.5 Å². The highest BCUT2D eigenvalue weighted by molar-refractivity contribution is 6.33. The number of anilines is 1. The second-order valence-corrected chi connectivity index (χ2v) is 6.72. The first-order chi connectivity index (χ1) is 13.5. The predicted octanol–water partition coefficient (Wildman–Crippen LogP) is 2.56. The molecule has 0 unspecified atom stereocenters. The standard InChI is InChI=1S/C20H21ClN2O5/c1-27-20(26)14-2-7-18(17(21)12-14)22-8-10-23(11-9-22)19(25)13-28-16-5-3-15(24)4-6-16/h2-7,12,24H,8-11,13H2,1H3. The number of hydrogen-bond acceptors (Lipinski definition) is 6. The van der Waals surface area contributed by atoms with Gasteiger partial charge >= 0.3 is 5.97 Å². The minimum absolute atomic E-state index is 0.0562. The highest BCUT2D eigenvalue weighted by Crippen LogP contribution is 2.28. The summed E-state index contributed by atoms with van der Waals surface area (Å²) in [6.45, 7) is 2.30. The number of aromatic hydroxyl groups is 1. The zero-order chi connectivity index (χ0) is 20.1. The number of phenols is 1. The Bertz CT molecular complexity index is 848. The van der Waals surface area contributed by atoms with E-state index < -0.39 is 5.97 Å². The number of amides is 1. The number of ether oxygens (including phenoxy) is 2. The predicted molar refractivity (Wildman–Crippen MR) is 105 cm³/mol. The lowest BCUT2D eigenvalue weighted by Crippen LogP contribution is -2.50. The van der Waals surface area contributed by atoms with E-state index in [0.29, 0.717) is 42.5 Å². The maximum Gasteiger partial charge on any atom is 0.337 e. The monoisotopic (exact) mass is 404 g/mol. The van der Waals surface area contributed by atoms with Gasteiger partial charge in [0.2, 0.25) is 0 Å². The molecule has 8 heteroatoms. The van der Waals surface area contributed by atoms with Crippen molar-refractivity contribution < 1.29 is 24.2 Å². The van der Waals surface area contributed by atoms with Gasteiger partial charge in [-0.15, -0.1) is 0 Å². The quantitative estimate of drug-likeness (QED) is 0.771. The van der Waals surface area contributed by atoms with E-state index in [0.717, 1.165) is 5.69 Å². The van der Waals surface area contributed by atoms with Gasteiger partial charge in [0.15, 0.2) is 6.61 Å². The van der Waals surface area contributed by atoms with E-state index in [2.05, 4.69) is 4.90 Å². The second kappa shape index (κ2) is 8.84. The van der Waals surface area contributed by atoms with Crippen LogP contribution in [0.5, 0.6) is 11.5 Å². The number of halogens is 1. The average Bonchev–Trinajstić information content (AvgIpc) is 2.72. The molecule has 0 saturated carbocycles. The smallest absolute Gasteiger partial charge is 0.337 e. The van der Waals surface area contributed by atoms with Crippen molar-refractivity contribution in [3.05, 3.63) is 53.1 Å². The Morgan fingerprint density at radius 1 is 1.07 bits per heavy atom. The fraction of sp³-hybridized carbons (Fsp3) is 0.300. The molecule has 1 amide bonds. The number of nitrogens with zero attached hydrogens (tertiary/aromatic N) is 2. The highest BCUT2D eigenvalue weighted by Gasteiger charge is 2.23. The van der Waals surface area contributed by atoms with Crippen molar-refractivity contribution in [1.29, 1.82) is 0 Å². The molecule has 7 nitrogen and oxygen atoms in total. The van der Waals surface area contributed by atoms with Crippen molar-refractivity contribution in [2.24, 2.45) is 0 Å². The van der Waals surface area contributed by atoms with Gasteiger partial charge in [-0.3, -0.25) is 4.79 Å². The second-order valence-electron chi connectivity index (χ2n) is 6.31. The SMILES string of the molecule is COC(=O)c1ccc(N2CCN(C(=O)COc3ccc(O)cc3)CC2)c(Cl)c1. The molecule has 148 valence electrons. The summed E-state index contributed by atoms with van der Waals surface area (Å²) in [6, 6.07) is 11.3. The van der Waals surface area contributed by atoms with Gasteiger partial charge in [-0.1, -0.05) is 11.6 Å². The van der Waals surface area contributed by atoms with E-state index >= 15 is 0 Å². The molecule has 1 heterocycles. The van der Waals surface area contributed by atoms with Crippen molar-refractivity contribution >= 4 is 29.2 Å². The Hall–Kier alpha value is -2.93. The third-order valence-electron chi connectivity index (χ3n) is 4.54. The Morgan fingerprint density at radius 3 is 2.36 bits per heavy atom. The molecule has 1 N–H and O–H groups in total. The number of carbonyl (C=O) groups excluding carboxylic acids is 2. The van der Waals surface area contributed by atoms with Crippen LogP contribution in [0.4, 0.5) is 5.69 Å². The molecular weight excluding hydrogens is 384 g/mol. The summed E-state index contributed by atoms with van der Waals surface area (Å²) in [5.74, 6) is 0.146. The number of rotatable bonds is 5. The van der Waals surface area contributed by atoms with Crippen LogP contribution in [-0.2, 0) is 9.53 Å². The third-order valence-corrected chi connectivity index (χ3v) is 4.84. The molecule has 1 saturated heterocycles. The molecule has 2 aromatic rings. The number of benzene rings is 2. The average molecular weight is 405 g/mol. The lowest BCUT2D eigenvalue weighted by atomic mass is 10.1.